The zero-order valence-corrected chi connectivity index (χ0v) is 9.21. The minimum Gasteiger partial charge on any atom is -0.351 e. The lowest BCUT2D eigenvalue weighted by Gasteiger charge is -2.03. The minimum atomic E-state index is -0.0839. The largest absolute Gasteiger partial charge is 0.351 e. The number of hydrogen-bond donors (Lipinski definition) is 1. The van der Waals surface area contributed by atoms with Gasteiger partial charge in [0.15, 0.2) is 0 Å². The van der Waals surface area contributed by atoms with Crippen molar-refractivity contribution in [3.8, 4) is 0 Å². The van der Waals surface area contributed by atoms with Gasteiger partial charge in [0, 0.05) is 24.6 Å². The van der Waals surface area contributed by atoms with Gasteiger partial charge >= 0.3 is 0 Å². The van der Waals surface area contributed by atoms with Crippen LogP contribution in [0.25, 0.3) is 0 Å². The van der Waals surface area contributed by atoms with Crippen molar-refractivity contribution in [3.05, 3.63) is 18.0 Å². The van der Waals surface area contributed by atoms with Gasteiger partial charge in [0.25, 0.3) is 5.91 Å². The Balaban J connectivity index is 2.49. The predicted octanol–water partition coefficient (Wildman–Crippen LogP) is 0.933. The molecule has 1 N–H and O–H groups in total. The number of carbonyl (C=O) groups is 1. The first-order valence-corrected chi connectivity index (χ1v) is 4.92. The van der Waals surface area contributed by atoms with E-state index in [1.165, 1.54) is 0 Å². The van der Waals surface area contributed by atoms with E-state index in [1.807, 2.05) is 6.92 Å². The van der Waals surface area contributed by atoms with Crippen LogP contribution in [0.5, 0.6) is 0 Å². The topological polar surface area (TPSA) is 46.9 Å². The molecule has 1 unspecified atom stereocenters. The number of carbonyl (C=O) groups excluding carboxylic acids is 1. The maximum atomic E-state index is 11.4. The number of nitrogens with zero attached hydrogens (tertiary/aromatic N) is 2. The van der Waals surface area contributed by atoms with Crippen molar-refractivity contribution in [1.82, 2.24) is 15.1 Å². The van der Waals surface area contributed by atoms with Gasteiger partial charge in [-0.3, -0.25) is 9.48 Å². The van der Waals surface area contributed by atoms with Gasteiger partial charge in [-0.25, -0.2) is 0 Å². The van der Waals surface area contributed by atoms with E-state index in [-0.39, 0.29) is 10.7 Å². The Bertz CT molecular complexity index is 295. The summed E-state index contributed by atoms with van der Waals surface area (Å²) in [5, 5.41) is 6.68. The van der Waals surface area contributed by atoms with Crippen molar-refractivity contribution in [2.45, 2.75) is 11.8 Å². The highest BCUT2D eigenvalue weighted by atomic mass is 79.9. The summed E-state index contributed by atoms with van der Waals surface area (Å²) in [6.45, 7) is 2.59. The molecule has 4 nitrogen and oxygen atoms in total. The number of amides is 1. The molecule has 1 rings (SSSR count). The Hall–Kier alpha value is -0.840. The molecule has 1 atom stereocenters. The van der Waals surface area contributed by atoms with Crippen LogP contribution in [0.2, 0.25) is 0 Å². The minimum absolute atomic E-state index is 0.0839. The van der Waals surface area contributed by atoms with Crippen LogP contribution in [-0.2, 0) is 7.05 Å². The molecule has 13 heavy (non-hydrogen) atoms. The molecule has 0 saturated carbocycles. The Morgan fingerprint density at radius 1 is 1.85 bits per heavy atom. The molecule has 1 amide bonds. The highest BCUT2D eigenvalue weighted by molar-refractivity contribution is 9.09. The fraction of sp³-hybridized carbons (Fsp3) is 0.500. The Kier molecular flexibility index (Phi) is 3.48. The van der Waals surface area contributed by atoms with Gasteiger partial charge in [-0.05, 0) is 0 Å². The number of halogens is 1. The summed E-state index contributed by atoms with van der Waals surface area (Å²) in [6, 6.07) is 0. The van der Waals surface area contributed by atoms with E-state index in [0.717, 1.165) is 0 Å². The van der Waals surface area contributed by atoms with Crippen LogP contribution < -0.4 is 5.32 Å². The van der Waals surface area contributed by atoms with Gasteiger partial charge in [-0.2, -0.15) is 5.10 Å². The maximum Gasteiger partial charge on any atom is 0.254 e. The van der Waals surface area contributed by atoms with Gasteiger partial charge in [-0.15, -0.1) is 0 Å². The predicted molar refractivity (Wildman–Crippen MR) is 53.9 cm³/mol. The van der Waals surface area contributed by atoms with Crippen molar-refractivity contribution in [3.63, 3.8) is 0 Å². The smallest absolute Gasteiger partial charge is 0.254 e. The highest BCUT2D eigenvalue weighted by Crippen LogP contribution is 1.98. The molecule has 0 aliphatic heterocycles. The molecule has 0 aliphatic rings. The fourth-order valence-corrected chi connectivity index (χ4v) is 1.04. The van der Waals surface area contributed by atoms with Crippen LogP contribution in [0.3, 0.4) is 0 Å². The zero-order valence-electron chi connectivity index (χ0n) is 7.62. The molecule has 0 aliphatic carbocycles. The van der Waals surface area contributed by atoms with E-state index in [4.69, 9.17) is 0 Å². The van der Waals surface area contributed by atoms with E-state index >= 15 is 0 Å². The van der Waals surface area contributed by atoms with Gasteiger partial charge in [-0.1, -0.05) is 22.9 Å². The highest BCUT2D eigenvalue weighted by Gasteiger charge is 2.07. The van der Waals surface area contributed by atoms with Crippen LogP contribution in [0.4, 0.5) is 0 Å². The third-order valence-corrected chi connectivity index (χ3v) is 1.83. The van der Waals surface area contributed by atoms with E-state index in [1.54, 1.807) is 24.1 Å². The van der Waals surface area contributed by atoms with Crippen molar-refractivity contribution >= 4 is 21.8 Å². The second-order valence-corrected chi connectivity index (χ2v) is 4.46. The van der Waals surface area contributed by atoms with Crippen molar-refractivity contribution in [1.29, 1.82) is 0 Å². The summed E-state index contributed by atoms with van der Waals surface area (Å²) in [7, 11) is 1.78. The molecule has 0 bridgehead atoms. The van der Waals surface area contributed by atoms with E-state index in [9.17, 15) is 4.79 Å². The maximum absolute atomic E-state index is 11.4. The molecule has 1 aromatic heterocycles. The normalized spacial score (nSPS) is 12.5. The molecule has 0 fully saturated rings. The first-order chi connectivity index (χ1) is 6.09. The molecule has 0 radical (unpaired) electrons. The van der Waals surface area contributed by atoms with Crippen molar-refractivity contribution in [2.24, 2.45) is 7.05 Å². The molecule has 0 spiro atoms. The Morgan fingerprint density at radius 2 is 2.54 bits per heavy atom. The number of aromatic nitrogens is 2. The summed E-state index contributed by atoms with van der Waals surface area (Å²) < 4.78 is 1.60. The van der Waals surface area contributed by atoms with Crippen LogP contribution in [0.1, 0.15) is 17.3 Å². The van der Waals surface area contributed by atoms with E-state index < -0.39 is 0 Å². The van der Waals surface area contributed by atoms with Crippen molar-refractivity contribution < 1.29 is 4.79 Å². The number of nitrogens with one attached hydrogen (secondary N) is 1. The SMILES string of the molecule is CC(Br)CNC(=O)c1cnn(C)c1. The number of hydrogen-bond acceptors (Lipinski definition) is 2. The van der Waals surface area contributed by atoms with Crippen molar-refractivity contribution in [2.75, 3.05) is 6.54 Å². The monoisotopic (exact) mass is 245 g/mol. The quantitative estimate of drug-likeness (QED) is 0.806. The average Bonchev–Trinajstić information content (AvgIpc) is 2.47. The van der Waals surface area contributed by atoms with Crippen LogP contribution in [0.15, 0.2) is 12.4 Å². The molecule has 72 valence electrons. The fourth-order valence-electron chi connectivity index (χ4n) is 0.874. The Labute approximate surface area is 85.4 Å². The number of alkyl halides is 1. The third-order valence-electron chi connectivity index (χ3n) is 1.51. The second-order valence-electron chi connectivity index (χ2n) is 2.89. The zero-order chi connectivity index (χ0) is 9.84. The van der Waals surface area contributed by atoms with Gasteiger partial charge < -0.3 is 5.32 Å². The van der Waals surface area contributed by atoms with Crippen LogP contribution in [0, 0.1) is 0 Å². The third kappa shape index (κ3) is 3.18. The molecule has 1 heterocycles. The summed E-state index contributed by atoms with van der Waals surface area (Å²) >= 11 is 3.35. The van der Waals surface area contributed by atoms with Crippen LogP contribution >= 0.6 is 15.9 Å². The van der Waals surface area contributed by atoms with Gasteiger partial charge in [0.05, 0.1) is 11.8 Å². The summed E-state index contributed by atoms with van der Waals surface area (Å²) in [5.74, 6) is -0.0839. The van der Waals surface area contributed by atoms with E-state index in [2.05, 4.69) is 26.3 Å². The summed E-state index contributed by atoms with van der Waals surface area (Å²) in [6.07, 6.45) is 3.24. The lowest BCUT2D eigenvalue weighted by molar-refractivity contribution is 0.0954. The molecule has 0 aromatic carbocycles. The summed E-state index contributed by atoms with van der Waals surface area (Å²) in [5.41, 5.74) is 0.593. The molecule has 0 saturated heterocycles. The van der Waals surface area contributed by atoms with Gasteiger partial charge in [0.1, 0.15) is 0 Å². The molecule has 5 heteroatoms. The standard InChI is InChI=1S/C8H12BrN3O/c1-6(9)3-10-8(13)7-4-11-12(2)5-7/h4-6H,3H2,1-2H3,(H,10,13). The first-order valence-electron chi connectivity index (χ1n) is 4.00. The van der Waals surface area contributed by atoms with E-state index in [0.29, 0.717) is 12.1 Å². The van der Waals surface area contributed by atoms with Crippen LogP contribution in [-0.4, -0.2) is 27.1 Å². The number of aryl methyl sites for hydroxylation is 1. The number of rotatable bonds is 3. The average molecular weight is 246 g/mol. The molecular weight excluding hydrogens is 234 g/mol. The summed E-state index contributed by atoms with van der Waals surface area (Å²) in [4.78, 5) is 11.7. The molecular formula is C8H12BrN3O. The lowest BCUT2D eigenvalue weighted by atomic mass is 10.3. The van der Waals surface area contributed by atoms with Gasteiger partial charge in [0.2, 0.25) is 0 Å². The first kappa shape index (κ1) is 10.2. The Morgan fingerprint density at radius 3 is 3.00 bits per heavy atom. The molecule has 1 aromatic rings. The second kappa shape index (κ2) is 4.41. The lowest BCUT2D eigenvalue weighted by Crippen LogP contribution is -2.28.